The van der Waals surface area contributed by atoms with E-state index in [1.165, 1.54) is 0 Å². The van der Waals surface area contributed by atoms with Gasteiger partial charge >= 0.3 is 0 Å². The lowest BCUT2D eigenvalue weighted by molar-refractivity contribution is -0.120. The van der Waals surface area contributed by atoms with Crippen molar-refractivity contribution in [3.8, 4) is 0 Å². The van der Waals surface area contributed by atoms with Crippen molar-refractivity contribution in [2.75, 3.05) is 25.5 Å². The van der Waals surface area contributed by atoms with Crippen molar-refractivity contribution in [3.05, 3.63) is 29.3 Å². The zero-order valence-corrected chi connectivity index (χ0v) is 12.0. The molecule has 1 aromatic carbocycles. The number of nitrogens with one attached hydrogen (secondary N) is 3. The van der Waals surface area contributed by atoms with Crippen LogP contribution in [0.3, 0.4) is 0 Å². The second-order valence-electron chi connectivity index (χ2n) is 5.16. The van der Waals surface area contributed by atoms with Gasteiger partial charge in [-0.1, -0.05) is 11.6 Å². The number of carbonyl (C=O) groups is 2. The Kier molecular flexibility index (Phi) is 4.74. The normalized spacial score (nSPS) is 18.4. The molecule has 5 heteroatoms. The van der Waals surface area contributed by atoms with Crippen molar-refractivity contribution >= 4 is 17.5 Å². The molecule has 0 radical (unpaired) electrons. The molecule has 2 amide bonds. The Balaban J connectivity index is 2.15. The van der Waals surface area contributed by atoms with Gasteiger partial charge in [-0.05, 0) is 38.4 Å². The van der Waals surface area contributed by atoms with Gasteiger partial charge in [-0.2, -0.15) is 0 Å². The predicted molar refractivity (Wildman–Crippen MR) is 78.8 cm³/mol. The largest absolute Gasteiger partial charge is 0.355 e. The molecular weight excluding hydrogens is 254 g/mol. The summed E-state index contributed by atoms with van der Waals surface area (Å²) in [6.07, 6.45) is 1.90. The number of hydrogen-bond acceptors (Lipinski definition) is 3. The molecule has 1 aliphatic heterocycles. The zero-order valence-electron chi connectivity index (χ0n) is 12.0. The molecule has 108 valence electrons. The number of carbonyl (C=O) groups excluding carboxylic acids is 2. The maximum absolute atomic E-state index is 12.2. The number of hydrogen-bond donors (Lipinski definition) is 3. The summed E-state index contributed by atoms with van der Waals surface area (Å²) in [6.45, 7) is 3.59. The molecule has 0 aromatic heterocycles. The van der Waals surface area contributed by atoms with Crippen LogP contribution in [0, 0.1) is 12.8 Å². The highest BCUT2D eigenvalue weighted by Gasteiger charge is 2.22. The van der Waals surface area contributed by atoms with E-state index in [1.807, 2.05) is 13.0 Å². The van der Waals surface area contributed by atoms with Crippen LogP contribution in [0.4, 0.5) is 5.69 Å². The van der Waals surface area contributed by atoms with E-state index in [-0.39, 0.29) is 17.7 Å². The summed E-state index contributed by atoms with van der Waals surface area (Å²) >= 11 is 0. The van der Waals surface area contributed by atoms with E-state index in [0.717, 1.165) is 24.9 Å². The molecule has 1 unspecified atom stereocenters. The summed E-state index contributed by atoms with van der Waals surface area (Å²) in [5.41, 5.74) is 2.07. The number of anilines is 1. The maximum atomic E-state index is 12.2. The van der Waals surface area contributed by atoms with Gasteiger partial charge in [-0.25, -0.2) is 0 Å². The van der Waals surface area contributed by atoms with Crippen LogP contribution in [0.1, 0.15) is 28.8 Å². The Morgan fingerprint density at radius 2 is 2.15 bits per heavy atom. The van der Waals surface area contributed by atoms with Crippen LogP contribution in [0.25, 0.3) is 0 Å². The first-order valence-electron chi connectivity index (χ1n) is 6.96. The number of aryl methyl sites for hydroxylation is 1. The smallest absolute Gasteiger partial charge is 0.253 e. The van der Waals surface area contributed by atoms with Crippen LogP contribution in [0.15, 0.2) is 18.2 Å². The summed E-state index contributed by atoms with van der Waals surface area (Å²) < 4.78 is 0. The van der Waals surface area contributed by atoms with Crippen molar-refractivity contribution < 1.29 is 9.59 Å². The first-order valence-corrected chi connectivity index (χ1v) is 6.96. The standard InChI is InChI=1S/C15H21N3O2/c1-10-5-6-13(12(8-10)15(20)16-2)18-14(19)11-4-3-7-17-9-11/h5-6,8,11,17H,3-4,7,9H2,1-2H3,(H,16,20)(H,18,19). The van der Waals surface area contributed by atoms with E-state index in [2.05, 4.69) is 16.0 Å². The lowest BCUT2D eigenvalue weighted by Gasteiger charge is -2.22. The first-order chi connectivity index (χ1) is 9.61. The van der Waals surface area contributed by atoms with Gasteiger partial charge in [-0.15, -0.1) is 0 Å². The monoisotopic (exact) mass is 275 g/mol. The summed E-state index contributed by atoms with van der Waals surface area (Å²) in [5, 5.41) is 8.70. The van der Waals surface area contributed by atoms with Crippen LogP contribution in [-0.4, -0.2) is 32.0 Å². The molecule has 0 saturated carbocycles. The quantitative estimate of drug-likeness (QED) is 0.778. The number of benzene rings is 1. The summed E-state index contributed by atoms with van der Waals surface area (Å²) in [4.78, 5) is 24.1. The van der Waals surface area contributed by atoms with E-state index in [0.29, 0.717) is 17.8 Å². The topological polar surface area (TPSA) is 70.2 Å². The fraction of sp³-hybridized carbons (Fsp3) is 0.467. The van der Waals surface area contributed by atoms with Gasteiger partial charge in [0.15, 0.2) is 0 Å². The molecule has 20 heavy (non-hydrogen) atoms. The minimum atomic E-state index is -0.189. The van der Waals surface area contributed by atoms with Gasteiger partial charge in [0.1, 0.15) is 0 Å². The van der Waals surface area contributed by atoms with Crippen LogP contribution < -0.4 is 16.0 Å². The molecule has 1 atom stereocenters. The summed E-state index contributed by atoms with van der Waals surface area (Å²) in [6, 6.07) is 5.46. The molecule has 1 heterocycles. The zero-order chi connectivity index (χ0) is 14.5. The van der Waals surface area contributed by atoms with Crippen LogP contribution >= 0.6 is 0 Å². The Labute approximate surface area is 119 Å². The average Bonchev–Trinajstić information content (AvgIpc) is 2.49. The van der Waals surface area contributed by atoms with Crippen molar-refractivity contribution in [2.45, 2.75) is 19.8 Å². The Morgan fingerprint density at radius 1 is 1.35 bits per heavy atom. The third-order valence-corrected chi connectivity index (χ3v) is 3.57. The molecule has 1 saturated heterocycles. The fourth-order valence-corrected chi connectivity index (χ4v) is 2.40. The molecule has 0 bridgehead atoms. The molecular formula is C15H21N3O2. The lowest BCUT2D eigenvalue weighted by Crippen LogP contribution is -2.37. The highest BCUT2D eigenvalue weighted by atomic mass is 16.2. The fourth-order valence-electron chi connectivity index (χ4n) is 2.40. The Hall–Kier alpha value is -1.88. The Bertz CT molecular complexity index is 508. The van der Waals surface area contributed by atoms with Crippen LogP contribution in [0.5, 0.6) is 0 Å². The SMILES string of the molecule is CNC(=O)c1cc(C)ccc1NC(=O)C1CCCNC1. The van der Waals surface area contributed by atoms with E-state index >= 15 is 0 Å². The van der Waals surface area contributed by atoms with E-state index < -0.39 is 0 Å². The maximum Gasteiger partial charge on any atom is 0.253 e. The minimum absolute atomic E-state index is 0.0220. The second-order valence-corrected chi connectivity index (χ2v) is 5.16. The van der Waals surface area contributed by atoms with Crippen molar-refractivity contribution in [2.24, 2.45) is 5.92 Å². The van der Waals surface area contributed by atoms with Crippen molar-refractivity contribution in [1.29, 1.82) is 0 Å². The van der Waals surface area contributed by atoms with Gasteiger partial charge in [0.25, 0.3) is 5.91 Å². The number of rotatable bonds is 3. The van der Waals surface area contributed by atoms with E-state index in [1.54, 1.807) is 19.2 Å². The van der Waals surface area contributed by atoms with Gasteiger partial charge in [0.2, 0.25) is 5.91 Å². The highest BCUT2D eigenvalue weighted by Crippen LogP contribution is 2.20. The average molecular weight is 275 g/mol. The van der Waals surface area contributed by atoms with Gasteiger partial charge in [0.05, 0.1) is 17.2 Å². The van der Waals surface area contributed by atoms with Gasteiger partial charge in [0, 0.05) is 13.6 Å². The molecule has 1 fully saturated rings. The van der Waals surface area contributed by atoms with Gasteiger partial charge < -0.3 is 16.0 Å². The Morgan fingerprint density at radius 3 is 2.80 bits per heavy atom. The third-order valence-electron chi connectivity index (χ3n) is 3.57. The van der Waals surface area contributed by atoms with E-state index in [4.69, 9.17) is 0 Å². The molecule has 3 N–H and O–H groups in total. The van der Waals surface area contributed by atoms with Crippen molar-refractivity contribution in [3.63, 3.8) is 0 Å². The molecule has 5 nitrogen and oxygen atoms in total. The predicted octanol–water partition coefficient (Wildman–Crippen LogP) is 1.29. The second kappa shape index (κ2) is 6.52. The van der Waals surface area contributed by atoms with Crippen LogP contribution in [-0.2, 0) is 4.79 Å². The van der Waals surface area contributed by atoms with Crippen molar-refractivity contribution in [1.82, 2.24) is 10.6 Å². The summed E-state index contributed by atoms with van der Waals surface area (Å²) in [5.74, 6) is -0.237. The first kappa shape index (κ1) is 14.5. The third kappa shape index (κ3) is 3.36. The molecule has 0 aliphatic carbocycles. The molecule has 2 rings (SSSR count). The molecule has 0 spiro atoms. The molecule has 1 aromatic rings. The van der Waals surface area contributed by atoms with Crippen LogP contribution in [0.2, 0.25) is 0 Å². The van der Waals surface area contributed by atoms with E-state index in [9.17, 15) is 9.59 Å². The highest BCUT2D eigenvalue weighted by molar-refractivity contribution is 6.04. The minimum Gasteiger partial charge on any atom is -0.355 e. The lowest BCUT2D eigenvalue weighted by atomic mass is 9.98. The molecule has 1 aliphatic rings. The summed E-state index contributed by atoms with van der Waals surface area (Å²) in [7, 11) is 1.58. The van der Waals surface area contributed by atoms with Gasteiger partial charge in [-0.3, -0.25) is 9.59 Å². The number of amides is 2. The number of piperidine rings is 1.